The van der Waals surface area contributed by atoms with Crippen molar-refractivity contribution in [3.63, 3.8) is 0 Å². The van der Waals surface area contributed by atoms with Crippen LogP contribution in [-0.2, 0) is 0 Å². The van der Waals surface area contributed by atoms with Crippen molar-refractivity contribution in [1.82, 2.24) is 0 Å². The molecular formula is C17H28N2. The minimum atomic E-state index is 0.606. The lowest BCUT2D eigenvalue weighted by atomic mass is 9.86. The molecule has 2 nitrogen and oxygen atoms in total. The molecule has 0 aliphatic heterocycles. The first-order chi connectivity index (χ1) is 9.13. The van der Waals surface area contributed by atoms with Crippen molar-refractivity contribution in [2.45, 2.75) is 47.0 Å². The standard InChI is InChI=1S/C15H22N2.C2H6/c1-4-15(11(2)3)13-7-5-12(6-8-13)14(9-16)10-17;1-2/h5-11,15-16H,4,17H2,1-3H3;1-2H3/b14-10+,16-9?;. The molecule has 0 amide bonds. The number of hydrogen-bond donors (Lipinski definition) is 2. The molecule has 1 aromatic carbocycles. The Kier molecular flexibility index (Phi) is 8.60. The summed E-state index contributed by atoms with van der Waals surface area (Å²) in [7, 11) is 0. The zero-order valence-electron chi connectivity index (χ0n) is 12.9. The van der Waals surface area contributed by atoms with Gasteiger partial charge in [0, 0.05) is 18.0 Å². The zero-order valence-corrected chi connectivity index (χ0v) is 12.9. The highest BCUT2D eigenvalue weighted by Gasteiger charge is 2.13. The van der Waals surface area contributed by atoms with E-state index >= 15 is 0 Å². The van der Waals surface area contributed by atoms with Gasteiger partial charge in [0.2, 0.25) is 0 Å². The molecule has 106 valence electrons. The SMILES string of the molecule is CC.CCC(c1ccc(/C(C=N)=C/N)cc1)C(C)C. The Hall–Kier alpha value is -1.57. The van der Waals surface area contributed by atoms with Crippen LogP contribution in [-0.4, -0.2) is 6.21 Å². The van der Waals surface area contributed by atoms with E-state index in [1.807, 2.05) is 26.0 Å². The Balaban J connectivity index is 0.00000154. The highest BCUT2D eigenvalue weighted by Crippen LogP contribution is 2.28. The monoisotopic (exact) mass is 260 g/mol. The van der Waals surface area contributed by atoms with Gasteiger partial charge < -0.3 is 11.1 Å². The highest BCUT2D eigenvalue weighted by molar-refractivity contribution is 6.08. The smallest absolute Gasteiger partial charge is 0.0270 e. The summed E-state index contributed by atoms with van der Waals surface area (Å²) in [5.41, 5.74) is 8.61. The minimum absolute atomic E-state index is 0.606. The number of benzene rings is 1. The van der Waals surface area contributed by atoms with Crippen LogP contribution in [0.2, 0.25) is 0 Å². The van der Waals surface area contributed by atoms with E-state index in [2.05, 4.69) is 32.9 Å². The number of nitrogens with one attached hydrogen (secondary N) is 1. The van der Waals surface area contributed by atoms with Gasteiger partial charge in [0.05, 0.1) is 0 Å². The van der Waals surface area contributed by atoms with Gasteiger partial charge in [-0.1, -0.05) is 58.9 Å². The molecule has 0 aliphatic rings. The molecule has 3 N–H and O–H groups in total. The summed E-state index contributed by atoms with van der Waals surface area (Å²) in [6, 6.07) is 8.39. The van der Waals surface area contributed by atoms with Crippen LogP contribution < -0.4 is 5.73 Å². The average molecular weight is 260 g/mol. The Morgan fingerprint density at radius 2 is 1.74 bits per heavy atom. The summed E-state index contributed by atoms with van der Waals surface area (Å²) < 4.78 is 0. The Morgan fingerprint density at radius 1 is 1.21 bits per heavy atom. The van der Waals surface area contributed by atoms with Crippen molar-refractivity contribution in [2.24, 2.45) is 11.7 Å². The third-order valence-corrected chi connectivity index (χ3v) is 3.25. The Morgan fingerprint density at radius 3 is 2.05 bits per heavy atom. The first kappa shape index (κ1) is 17.4. The van der Waals surface area contributed by atoms with Gasteiger partial charge >= 0.3 is 0 Å². The summed E-state index contributed by atoms with van der Waals surface area (Å²) >= 11 is 0. The summed E-state index contributed by atoms with van der Waals surface area (Å²) in [5, 5.41) is 7.27. The molecule has 1 rings (SSSR count). The predicted octanol–water partition coefficient (Wildman–Crippen LogP) is 4.81. The van der Waals surface area contributed by atoms with Gasteiger partial charge in [-0.2, -0.15) is 0 Å². The van der Waals surface area contributed by atoms with E-state index in [4.69, 9.17) is 11.1 Å². The van der Waals surface area contributed by atoms with Crippen molar-refractivity contribution in [3.8, 4) is 0 Å². The molecule has 19 heavy (non-hydrogen) atoms. The van der Waals surface area contributed by atoms with E-state index in [0.717, 1.165) is 17.6 Å². The van der Waals surface area contributed by atoms with Crippen LogP contribution in [0.15, 0.2) is 30.5 Å². The summed E-state index contributed by atoms with van der Waals surface area (Å²) in [4.78, 5) is 0. The molecule has 1 atom stereocenters. The van der Waals surface area contributed by atoms with Crippen molar-refractivity contribution in [1.29, 1.82) is 5.41 Å². The van der Waals surface area contributed by atoms with Crippen molar-refractivity contribution < 1.29 is 0 Å². The van der Waals surface area contributed by atoms with E-state index in [-0.39, 0.29) is 0 Å². The fraction of sp³-hybridized carbons (Fsp3) is 0.471. The van der Waals surface area contributed by atoms with E-state index < -0.39 is 0 Å². The molecule has 0 radical (unpaired) electrons. The molecule has 0 spiro atoms. The Labute approximate surface area is 118 Å². The van der Waals surface area contributed by atoms with Crippen LogP contribution in [0, 0.1) is 11.3 Å². The number of allylic oxidation sites excluding steroid dienone is 1. The maximum absolute atomic E-state index is 7.27. The lowest BCUT2D eigenvalue weighted by Gasteiger charge is -2.19. The zero-order chi connectivity index (χ0) is 14.8. The average Bonchev–Trinajstić information content (AvgIpc) is 2.44. The minimum Gasteiger partial charge on any atom is -0.404 e. The summed E-state index contributed by atoms with van der Waals surface area (Å²) in [6.45, 7) is 10.7. The van der Waals surface area contributed by atoms with Crippen LogP contribution >= 0.6 is 0 Å². The largest absolute Gasteiger partial charge is 0.404 e. The first-order valence-electron chi connectivity index (χ1n) is 7.16. The molecule has 0 aromatic heterocycles. The third-order valence-electron chi connectivity index (χ3n) is 3.25. The quantitative estimate of drug-likeness (QED) is 0.733. The molecule has 0 saturated heterocycles. The van der Waals surface area contributed by atoms with E-state index in [0.29, 0.717) is 11.8 Å². The topological polar surface area (TPSA) is 49.9 Å². The van der Waals surface area contributed by atoms with Gasteiger partial charge in [0.1, 0.15) is 0 Å². The van der Waals surface area contributed by atoms with Crippen LogP contribution in [0.25, 0.3) is 5.57 Å². The molecule has 0 aliphatic carbocycles. The number of hydrogen-bond acceptors (Lipinski definition) is 2. The van der Waals surface area contributed by atoms with Gasteiger partial charge in [-0.3, -0.25) is 0 Å². The van der Waals surface area contributed by atoms with Crippen molar-refractivity contribution in [3.05, 3.63) is 41.6 Å². The lowest BCUT2D eigenvalue weighted by Crippen LogP contribution is -2.05. The fourth-order valence-electron chi connectivity index (χ4n) is 2.24. The van der Waals surface area contributed by atoms with Crippen molar-refractivity contribution >= 4 is 11.8 Å². The summed E-state index contributed by atoms with van der Waals surface area (Å²) in [5.74, 6) is 1.26. The Bertz CT molecular complexity index is 388. The van der Waals surface area contributed by atoms with E-state index in [1.54, 1.807) is 0 Å². The highest BCUT2D eigenvalue weighted by atomic mass is 14.5. The van der Waals surface area contributed by atoms with Gasteiger partial charge in [-0.05, 0) is 29.4 Å². The molecule has 0 saturated carbocycles. The second kappa shape index (κ2) is 9.37. The van der Waals surface area contributed by atoms with E-state index in [9.17, 15) is 0 Å². The number of rotatable bonds is 5. The second-order valence-electron chi connectivity index (χ2n) is 4.65. The maximum atomic E-state index is 7.27. The van der Waals surface area contributed by atoms with Crippen LogP contribution in [0.5, 0.6) is 0 Å². The van der Waals surface area contributed by atoms with Gasteiger partial charge in [0.15, 0.2) is 0 Å². The van der Waals surface area contributed by atoms with Crippen molar-refractivity contribution in [2.75, 3.05) is 0 Å². The molecule has 1 unspecified atom stereocenters. The first-order valence-corrected chi connectivity index (χ1v) is 7.16. The predicted molar refractivity (Wildman–Crippen MR) is 86.6 cm³/mol. The lowest BCUT2D eigenvalue weighted by molar-refractivity contribution is 0.485. The van der Waals surface area contributed by atoms with E-state index in [1.165, 1.54) is 18.0 Å². The van der Waals surface area contributed by atoms with Gasteiger partial charge in [-0.25, -0.2) is 0 Å². The van der Waals surface area contributed by atoms with Gasteiger partial charge in [-0.15, -0.1) is 0 Å². The maximum Gasteiger partial charge on any atom is 0.0270 e. The molecule has 1 aromatic rings. The molecule has 0 bridgehead atoms. The number of nitrogens with two attached hydrogens (primary N) is 1. The van der Waals surface area contributed by atoms with Crippen LogP contribution in [0.1, 0.15) is 58.1 Å². The van der Waals surface area contributed by atoms with Gasteiger partial charge in [0.25, 0.3) is 0 Å². The fourth-order valence-corrected chi connectivity index (χ4v) is 2.24. The molecule has 2 heteroatoms. The molecular weight excluding hydrogens is 232 g/mol. The molecule has 0 heterocycles. The normalized spacial score (nSPS) is 12.6. The molecule has 0 fully saturated rings. The van der Waals surface area contributed by atoms with Crippen LogP contribution in [0.4, 0.5) is 0 Å². The van der Waals surface area contributed by atoms with Crippen LogP contribution in [0.3, 0.4) is 0 Å². The summed E-state index contributed by atoms with van der Waals surface area (Å²) in [6.07, 6.45) is 3.91. The third kappa shape index (κ3) is 4.90. The second-order valence-corrected chi connectivity index (χ2v) is 4.65.